The van der Waals surface area contributed by atoms with Gasteiger partial charge in [-0.15, -0.1) is 0 Å². The molecule has 176 valence electrons. The topological polar surface area (TPSA) is 245 Å². The number of carbonyl (C=O) groups is 6. The Bertz CT molecular complexity index is 696. The fraction of sp³-hybridized carbons (Fsp3) is 0.647. The molecule has 31 heavy (non-hydrogen) atoms. The molecule has 0 fully saturated rings. The Hall–Kier alpha value is -3.26. The minimum absolute atomic E-state index is 0.0472. The smallest absolute Gasteiger partial charge is 0.326 e. The molecule has 4 atom stereocenters. The summed E-state index contributed by atoms with van der Waals surface area (Å²) in [6, 6.07) is -6.23. The molecule has 0 saturated heterocycles. The standard InChI is InChI=1S/C17H28N4O10/c1-7(2)3-10(17(30)31)20-15(28)9(5-13(25)26)19-16(29)11(6-22)21-14(27)8(18)4-12(23)24/h7-11,22H,3-6,18H2,1-2H3,(H,19,29)(H,20,28)(H,21,27)(H,23,24)(H,25,26)(H,30,31). The van der Waals surface area contributed by atoms with E-state index in [2.05, 4.69) is 5.32 Å². The summed E-state index contributed by atoms with van der Waals surface area (Å²) in [5.41, 5.74) is 5.36. The van der Waals surface area contributed by atoms with E-state index in [1.807, 2.05) is 10.6 Å². The lowest BCUT2D eigenvalue weighted by atomic mass is 10.0. The monoisotopic (exact) mass is 448 g/mol. The van der Waals surface area contributed by atoms with Crippen molar-refractivity contribution in [2.24, 2.45) is 11.7 Å². The Balaban J connectivity index is 5.29. The van der Waals surface area contributed by atoms with Gasteiger partial charge in [-0.3, -0.25) is 24.0 Å². The van der Waals surface area contributed by atoms with Gasteiger partial charge in [-0.25, -0.2) is 4.79 Å². The molecule has 0 aliphatic rings. The summed E-state index contributed by atoms with van der Waals surface area (Å²) in [6.45, 7) is 2.45. The van der Waals surface area contributed by atoms with E-state index in [9.17, 15) is 39.0 Å². The lowest BCUT2D eigenvalue weighted by molar-refractivity contribution is -0.144. The number of amides is 3. The Morgan fingerprint density at radius 3 is 1.61 bits per heavy atom. The number of aliphatic hydroxyl groups is 1. The van der Waals surface area contributed by atoms with Crippen LogP contribution in [0, 0.1) is 5.92 Å². The first-order valence-corrected chi connectivity index (χ1v) is 9.22. The SMILES string of the molecule is CC(C)CC(NC(=O)C(CC(=O)O)NC(=O)C(CO)NC(=O)C(N)CC(=O)O)C(=O)O. The first kappa shape index (κ1) is 27.7. The van der Waals surface area contributed by atoms with Crippen LogP contribution in [0.4, 0.5) is 0 Å². The van der Waals surface area contributed by atoms with Gasteiger partial charge in [0, 0.05) is 0 Å². The van der Waals surface area contributed by atoms with Crippen LogP contribution in [0.1, 0.15) is 33.1 Å². The number of aliphatic hydroxyl groups excluding tert-OH is 1. The number of nitrogens with one attached hydrogen (secondary N) is 3. The number of carboxylic acids is 3. The number of hydrogen-bond donors (Lipinski definition) is 8. The van der Waals surface area contributed by atoms with Crippen LogP contribution in [0.5, 0.6) is 0 Å². The average Bonchev–Trinajstić information content (AvgIpc) is 2.62. The van der Waals surface area contributed by atoms with Crippen molar-refractivity contribution in [2.45, 2.75) is 57.3 Å². The first-order chi connectivity index (χ1) is 14.3. The number of carbonyl (C=O) groups excluding carboxylic acids is 3. The van der Waals surface area contributed by atoms with E-state index in [-0.39, 0.29) is 12.3 Å². The van der Waals surface area contributed by atoms with Crippen molar-refractivity contribution in [3.63, 3.8) is 0 Å². The molecule has 4 unspecified atom stereocenters. The second-order valence-corrected chi connectivity index (χ2v) is 7.14. The summed E-state index contributed by atoms with van der Waals surface area (Å²) >= 11 is 0. The van der Waals surface area contributed by atoms with E-state index < -0.39 is 79.2 Å². The Labute approximate surface area is 177 Å². The van der Waals surface area contributed by atoms with E-state index in [1.54, 1.807) is 13.8 Å². The van der Waals surface area contributed by atoms with Crippen molar-refractivity contribution in [1.29, 1.82) is 0 Å². The highest BCUT2D eigenvalue weighted by molar-refractivity contribution is 5.96. The maximum Gasteiger partial charge on any atom is 0.326 e. The van der Waals surface area contributed by atoms with E-state index in [4.69, 9.17) is 15.9 Å². The van der Waals surface area contributed by atoms with Crippen molar-refractivity contribution in [2.75, 3.05) is 6.61 Å². The highest BCUT2D eigenvalue weighted by atomic mass is 16.4. The fourth-order valence-electron chi connectivity index (χ4n) is 2.38. The van der Waals surface area contributed by atoms with Gasteiger partial charge in [0.2, 0.25) is 17.7 Å². The molecule has 0 radical (unpaired) electrons. The van der Waals surface area contributed by atoms with Gasteiger partial charge >= 0.3 is 17.9 Å². The molecule has 0 spiro atoms. The molecule has 14 heteroatoms. The number of nitrogens with two attached hydrogens (primary N) is 1. The maximum atomic E-state index is 12.4. The van der Waals surface area contributed by atoms with Gasteiger partial charge in [-0.2, -0.15) is 0 Å². The number of carboxylic acid groups (broad SMARTS) is 3. The second kappa shape index (κ2) is 13.1. The maximum absolute atomic E-state index is 12.4. The van der Waals surface area contributed by atoms with Crippen LogP contribution in [0.3, 0.4) is 0 Å². The van der Waals surface area contributed by atoms with Crippen molar-refractivity contribution in [3.8, 4) is 0 Å². The molecule has 0 aliphatic heterocycles. The van der Waals surface area contributed by atoms with E-state index >= 15 is 0 Å². The summed E-state index contributed by atoms with van der Waals surface area (Å²) in [5.74, 6) is -7.64. The van der Waals surface area contributed by atoms with Crippen LogP contribution in [0.15, 0.2) is 0 Å². The molecule has 0 rings (SSSR count). The molecule has 3 amide bonds. The number of hydrogen-bond acceptors (Lipinski definition) is 8. The Morgan fingerprint density at radius 1 is 0.742 bits per heavy atom. The second-order valence-electron chi connectivity index (χ2n) is 7.14. The zero-order valence-electron chi connectivity index (χ0n) is 17.0. The largest absolute Gasteiger partial charge is 0.481 e. The molecule has 0 aromatic rings. The lowest BCUT2D eigenvalue weighted by Crippen LogP contribution is -2.58. The lowest BCUT2D eigenvalue weighted by Gasteiger charge is -2.24. The van der Waals surface area contributed by atoms with Gasteiger partial charge in [0.05, 0.1) is 25.5 Å². The highest BCUT2D eigenvalue weighted by Crippen LogP contribution is 2.06. The summed E-state index contributed by atoms with van der Waals surface area (Å²) < 4.78 is 0. The minimum Gasteiger partial charge on any atom is -0.481 e. The predicted molar refractivity (Wildman–Crippen MR) is 102 cm³/mol. The summed E-state index contributed by atoms with van der Waals surface area (Å²) in [7, 11) is 0. The van der Waals surface area contributed by atoms with E-state index in [1.165, 1.54) is 0 Å². The Kier molecular flexibility index (Phi) is 11.7. The third-order valence-corrected chi connectivity index (χ3v) is 3.88. The molecule has 0 aromatic carbocycles. The molecule has 0 bridgehead atoms. The van der Waals surface area contributed by atoms with Crippen LogP contribution < -0.4 is 21.7 Å². The van der Waals surface area contributed by atoms with Crippen molar-refractivity contribution >= 4 is 35.6 Å². The highest BCUT2D eigenvalue weighted by Gasteiger charge is 2.31. The van der Waals surface area contributed by atoms with E-state index in [0.29, 0.717) is 0 Å². The first-order valence-electron chi connectivity index (χ1n) is 9.22. The molecule has 0 heterocycles. The van der Waals surface area contributed by atoms with Gasteiger partial charge in [0.15, 0.2) is 0 Å². The molecule has 9 N–H and O–H groups in total. The Morgan fingerprint density at radius 2 is 1.19 bits per heavy atom. The van der Waals surface area contributed by atoms with Crippen LogP contribution in [0.25, 0.3) is 0 Å². The van der Waals surface area contributed by atoms with Crippen LogP contribution in [-0.2, 0) is 28.8 Å². The average molecular weight is 448 g/mol. The number of rotatable bonds is 14. The quantitative estimate of drug-likeness (QED) is 0.132. The molecule has 0 saturated carbocycles. The molecular formula is C17H28N4O10. The summed E-state index contributed by atoms with van der Waals surface area (Å²) in [4.78, 5) is 69.5. The van der Waals surface area contributed by atoms with Gasteiger partial charge in [-0.05, 0) is 12.3 Å². The predicted octanol–water partition coefficient (Wildman–Crippen LogP) is -3.16. The molecule has 0 aliphatic carbocycles. The fourth-order valence-corrected chi connectivity index (χ4v) is 2.38. The molecule has 14 nitrogen and oxygen atoms in total. The van der Waals surface area contributed by atoms with Gasteiger partial charge < -0.3 is 42.1 Å². The normalized spacial score (nSPS) is 14.6. The minimum atomic E-state index is -1.71. The molecular weight excluding hydrogens is 420 g/mol. The van der Waals surface area contributed by atoms with Crippen molar-refractivity contribution < 1.29 is 49.2 Å². The van der Waals surface area contributed by atoms with Crippen molar-refractivity contribution in [1.82, 2.24) is 16.0 Å². The van der Waals surface area contributed by atoms with Crippen LogP contribution >= 0.6 is 0 Å². The van der Waals surface area contributed by atoms with Crippen LogP contribution in [-0.4, -0.2) is 86.8 Å². The summed E-state index contributed by atoms with van der Waals surface area (Å²) in [5, 5.41) is 42.3. The summed E-state index contributed by atoms with van der Waals surface area (Å²) in [6.07, 6.45) is -1.61. The van der Waals surface area contributed by atoms with Gasteiger partial charge in [0.25, 0.3) is 0 Å². The van der Waals surface area contributed by atoms with E-state index in [0.717, 1.165) is 0 Å². The zero-order chi connectivity index (χ0) is 24.3. The van der Waals surface area contributed by atoms with Crippen LogP contribution in [0.2, 0.25) is 0 Å². The number of aliphatic carboxylic acids is 3. The van der Waals surface area contributed by atoms with Gasteiger partial charge in [-0.1, -0.05) is 13.8 Å². The molecule has 0 aromatic heterocycles. The van der Waals surface area contributed by atoms with Gasteiger partial charge in [0.1, 0.15) is 18.1 Å². The third-order valence-electron chi connectivity index (χ3n) is 3.88. The third kappa shape index (κ3) is 10.9. The zero-order valence-corrected chi connectivity index (χ0v) is 17.0. The van der Waals surface area contributed by atoms with Crippen molar-refractivity contribution in [3.05, 3.63) is 0 Å².